The monoisotopic (exact) mass is 748 g/mol. The number of hydrogen-bond donors (Lipinski definition) is 0. The van der Waals surface area contributed by atoms with Crippen LogP contribution in [0.5, 0.6) is 0 Å². The molecule has 0 amide bonds. The molecule has 5 nitrogen and oxygen atoms in total. The van der Waals surface area contributed by atoms with Gasteiger partial charge in [-0.15, -0.1) is 0 Å². The highest BCUT2D eigenvalue weighted by atomic mass is 127. The van der Waals surface area contributed by atoms with Crippen LogP contribution < -0.4 is 0 Å². The van der Waals surface area contributed by atoms with Crippen LogP contribution in [0.1, 0.15) is 67.9 Å². The number of hydrogen-bond acceptors (Lipinski definition) is 5. The van der Waals surface area contributed by atoms with Crippen molar-refractivity contribution in [2.75, 3.05) is 13.2 Å². The van der Waals surface area contributed by atoms with Gasteiger partial charge in [0.15, 0.2) is 31.2 Å². The standard InChI is InChI=1S/C33H61IO5Si3/c1-31(2,3)40(10,11)36-24-26-28(38-41(12,13)32(4,5)6)29(39-42(14,15)33(7,8)9)27(34)30(37-26)35-23-19-22-25-20-17-16-18-21-25/h16-22,26-30H,23-24H2,1-15H3/b22-19+/t26-,27+,28-,29-,30+/m1/s1. The third-order valence-electron chi connectivity index (χ3n) is 9.93. The fourth-order valence-corrected chi connectivity index (χ4v) is 8.71. The molecule has 0 spiro atoms. The minimum absolute atomic E-state index is 0.0410. The second-order valence-corrected chi connectivity index (χ2v) is 32.2. The summed E-state index contributed by atoms with van der Waals surface area (Å²) in [5.41, 5.74) is 1.15. The molecule has 1 fully saturated rings. The maximum absolute atomic E-state index is 7.27. The van der Waals surface area contributed by atoms with Crippen LogP contribution in [0, 0.1) is 0 Å². The summed E-state index contributed by atoms with van der Waals surface area (Å²) in [4.78, 5) is 0. The van der Waals surface area contributed by atoms with Gasteiger partial charge in [-0.2, -0.15) is 0 Å². The van der Waals surface area contributed by atoms with E-state index in [1.54, 1.807) is 0 Å². The molecule has 0 aromatic heterocycles. The van der Waals surface area contributed by atoms with E-state index in [0.717, 1.165) is 5.56 Å². The van der Waals surface area contributed by atoms with Crippen LogP contribution in [0.25, 0.3) is 6.08 Å². The van der Waals surface area contributed by atoms with Gasteiger partial charge in [0, 0.05) is 0 Å². The molecule has 0 bridgehead atoms. The molecular weight excluding hydrogens is 688 g/mol. The van der Waals surface area contributed by atoms with Crippen LogP contribution in [0.3, 0.4) is 0 Å². The molecule has 0 N–H and O–H groups in total. The van der Waals surface area contributed by atoms with Crippen molar-refractivity contribution in [3.63, 3.8) is 0 Å². The number of halogens is 1. The normalized spacial score (nSPS) is 25.3. The Hall–Kier alpha value is 0.141. The van der Waals surface area contributed by atoms with Crippen molar-refractivity contribution >= 4 is 53.6 Å². The van der Waals surface area contributed by atoms with Crippen molar-refractivity contribution in [3.8, 4) is 0 Å². The summed E-state index contributed by atoms with van der Waals surface area (Å²) in [6, 6.07) is 10.3. The van der Waals surface area contributed by atoms with Crippen LogP contribution in [-0.2, 0) is 22.8 Å². The van der Waals surface area contributed by atoms with Crippen molar-refractivity contribution in [2.24, 2.45) is 0 Å². The number of alkyl halides is 1. The summed E-state index contributed by atoms with van der Waals surface area (Å²) in [7, 11) is -6.36. The SMILES string of the molecule is CC(C)(C)[Si](C)(C)OC[C@H]1O[C@H](OC/C=C/c2ccccc2)[C@@H](I)[C@@H](O[Si](C)(C)C(C)(C)C)[C@@H]1O[Si](C)(C)C(C)(C)C. The van der Waals surface area contributed by atoms with Crippen molar-refractivity contribution in [2.45, 2.75) is 145 Å². The van der Waals surface area contributed by atoms with Gasteiger partial charge in [-0.25, -0.2) is 0 Å². The first-order valence-corrected chi connectivity index (χ1v) is 25.5. The Morgan fingerprint density at radius 3 is 1.69 bits per heavy atom. The molecule has 2 rings (SSSR count). The fraction of sp³-hybridized carbons (Fsp3) is 0.758. The highest BCUT2D eigenvalue weighted by Crippen LogP contribution is 2.45. The lowest BCUT2D eigenvalue weighted by molar-refractivity contribution is -0.239. The van der Waals surface area contributed by atoms with E-state index in [2.05, 4.69) is 148 Å². The lowest BCUT2D eigenvalue weighted by Gasteiger charge is -2.52. The molecule has 0 radical (unpaired) electrons. The summed E-state index contributed by atoms with van der Waals surface area (Å²) < 4.78 is 34.6. The van der Waals surface area contributed by atoms with Crippen molar-refractivity contribution < 1.29 is 22.8 Å². The van der Waals surface area contributed by atoms with E-state index >= 15 is 0 Å². The van der Waals surface area contributed by atoms with Gasteiger partial charge in [0.25, 0.3) is 0 Å². The van der Waals surface area contributed by atoms with Gasteiger partial charge < -0.3 is 22.8 Å². The second-order valence-electron chi connectivity index (χ2n) is 16.4. The van der Waals surface area contributed by atoms with Crippen LogP contribution in [0.2, 0.25) is 54.4 Å². The number of benzene rings is 1. The molecule has 242 valence electrons. The van der Waals surface area contributed by atoms with Gasteiger partial charge in [0.2, 0.25) is 0 Å². The zero-order chi connectivity index (χ0) is 32.4. The maximum Gasteiger partial charge on any atom is 0.192 e. The predicted octanol–water partition coefficient (Wildman–Crippen LogP) is 10.0. The third kappa shape index (κ3) is 10.1. The van der Waals surface area contributed by atoms with E-state index in [1.165, 1.54) is 0 Å². The van der Waals surface area contributed by atoms with Gasteiger partial charge in [-0.3, -0.25) is 0 Å². The molecule has 5 atom stereocenters. The van der Waals surface area contributed by atoms with Crippen LogP contribution in [0.15, 0.2) is 36.4 Å². The summed E-state index contributed by atoms with van der Waals surface area (Å²) in [5, 5.41) is 0.208. The Labute approximate surface area is 275 Å². The molecule has 0 saturated carbocycles. The fourth-order valence-electron chi connectivity index (χ4n) is 3.85. The lowest BCUT2D eigenvalue weighted by atomic mass is 10.0. The van der Waals surface area contributed by atoms with Crippen molar-refractivity contribution in [3.05, 3.63) is 42.0 Å². The molecule has 9 heteroatoms. The molecule has 1 aromatic rings. The van der Waals surface area contributed by atoms with E-state index in [0.29, 0.717) is 13.2 Å². The molecule has 0 aliphatic carbocycles. The van der Waals surface area contributed by atoms with Gasteiger partial charge in [0.1, 0.15) is 6.10 Å². The maximum atomic E-state index is 7.27. The molecule has 1 aromatic carbocycles. The minimum Gasteiger partial charge on any atom is -0.414 e. The average Bonchev–Trinajstić information content (AvgIpc) is 2.82. The highest BCUT2D eigenvalue weighted by Gasteiger charge is 2.54. The van der Waals surface area contributed by atoms with Gasteiger partial charge >= 0.3 is 0 Å². The molecule has 42 heavy (non-hydrogen) atoms. The molecule has 1 aliphatic rings. The predicted molar refractivity (Wildman–Crippen MR) is 195 cm³/mol. The van der Waals surface area contributed by atoms with E-state index in [4.69, 9.17) is 22.8 Å². The van der Waals surface area contributed by atoms with Gasteiger partial charge in [-0.1, -0.05) is 127 Å². The van der Waals surface area contributed by atoms with E-state index in [-0.39, 0.29) is 37.4 Å². The van der Waals surface area contributed by atoms with Crippen molar-refractivity contribution in [1.29, 1.82) is 0 Å². The molecular formula is C33H61IO5Si3. The Balaban J connectivity index is 2.48. The van der Waals surface area contributed by atoms with Crippen molar-refractivity contribution in [1.82, 2.24) is 0 Å². The highest BCUT2D eigenvalue weighted by molar-refractivity contribution is 14.1. The Morgan fingerprint density at radius 2 is 1.21 bits per heavy atom. The summed E-state index contributed by atoms with van der Waals surface area (Å²) in [6.45, 7) is 35.4. The lowest BCUT2D eigenvalue weighted by Crippen LogP contribution is -2.65. The Kier molecular flexibility index (Phi) is 13.0. The number of ether oxygens (including phenoxy) is 2. The summed E-state index contributed by atoms with van der Waals surface area (Å²) in [6.07, 6.45) is 3.00. The van der Waals surface area contributed by atoms with E-state index in [9.17, 15) is 0 Å². The quantitative estimate of drug-likeness (QED) is 0.128. The first kappa shape index (κ1) is 38.3. The summed E-state index contributed by atoms with van der Waals surface area (Å²) >= 11 is 2.49. The van der Waals surface area contributed by atoms with E-state index < -0.39 is 31.2 Å². The van der Waals surface area contributed by atoms with Crippen LogP contribution in [0.4, 0.5) is 0 Å². The number of rotatable bonds is 11. The zero-order valence-corrected chi connectivity index (χ0v) is 34.4. The largest absolute Gasteiger partial charge is 0.414 e. The first-order valence-electron chi connectivity index (χ1n) is 15.5. The van der Waals surface area contributed by atoms with Gasteiger partial charge in [0.05, 0.1) is 29.3 Å². The third-order valence-corrected chi connectivity index (χ3v) is 24.7. The summed E-state index contributed by atoms with van der Waals surface area (Å²) in [5.74, 6) is 0. The molecule has 1 heterocycles. The Bertz CT molecular complexity index is 1010. The van der Waals surface area contributed by atoms with Crippen LogP contribution >= 0.6 is 22.6 Å². The second kappa shape index (κ2) is 14.3. The average molecular weight is 749 g/mol. The topological polar surface area (TPSA) is 46.2 Å². The molecule has 1 saturated heterocycles. The smallest absolute Gasteiger partial charge is 0.192 e. The molecule has 1 aliphatic heterocycles. The first-order chi connectivity index (χ1) is 18.9. The van der Waals surface area contributed by atoms with Gasteiger partial charge in [-0.05, 0) is 60.0 Å². The zero-order valence-electron chi connectivity index (χ0n) is 29.3. The molecule has 0 unspecified atom stereocenters. The van der Waals surface area contributed by atoms with Crippen LogP contribution in [-0.4, -0.2) is 66.7 Å². The van der Waals surface area contributed by atoms with E-state index in [1.807, 2.05) is 18.2 Å². The Morgan fingerprint density at radius 1 is 0.738 bits per heavy atom. The minimum atomic E-state index is -2.17.